The smallest absolute Gasteiger partial charge is 0.337 e. The van der Waals surface area contributed by atoms with Gasteiger partial charge in [0.25, 0.3) is 0 Å². The first-order valence-corrected chi connectivity index (χ1v) is 8.07. The summed E-state index contributed by atoms with van der Waals surface area (Å²) < 4.78 is 17.4. The van der Waals surface area contributed by atoms with Crippen LogP contribution in [0.15, 0.2) is 54.9 Å². The third-order valence-electron chi connectivity index (χ3n) is 4.09. The van der Waals surface area contributed by atoms with Gasteiger partial charge >= 0.3 is 5.97 Å². The highest BCUT2D eigenvalue weighted by Crippen LogP contribution is 2.31. The van der Waals surface area contributed by atoms with Crippen LogP contribution in [0.5, 0.6) is 11.5 Å². The van der Waals surface area contributed by atoms with Crippen molar-refractivity contribution in [1.29, 1.82) is 0 Å². The van der Waals surface area contributed by atoms with E-state index in [9.17, 15) is 4.79 Å². The Morgan fingerprint density at radius 2 is 1.73 bits per heavy atom. The van der Waals surface area contributed by atoms with Crippen LogP contribution in [0.1, 0.15) is 15.9 Å². The second-order valence-electron chi connectivity index (χ2n) is 5.64. The van der Waals surface area contributed by atoms with Gasteiger partial charge in [-0.15, -0.1) is 0 Å². The predicted molar refractivity (Wildman–Crippen MR) is 97.7 cm³/mol. The van der Waals surface area contributed by atoms with E-state index in [0.29, 0.717) is 23.6 Å². The van der Waals surface area contributed by atoms with E-state index in [1.807, 2.05) is 41.1 Å². The van der Waals surface area contributed by atoms with Crippen LogP contribution >= 0.6 is 0 Å². The molecule has 0 amide bonds. The van der Waals surface area contributed by atoms with E-state index in [4.69, 9.17) is 14.2 Å². The van der Waals surface area contributed by atoms with Crippen LogP contribution in [0.25, 0.3) is 11.4 Å². The Morgan fingerprint density at radius 3 is 2.38 bits per heavy atom. The number of hydrogen-bond donors (Lipinski definition) is 0. The van der Waals surface area contributed by atoms with Crippen molar-refractivity contribution in [3.63, 3.8) is 0 Å². The Labute approximate surface area is 152 Å². The monoisotopic (exact) mass is 352 g/mol. The number of rotatable bonds is 6. The summed E-state index contributed by atoms with van der Waals surface area (Å²) in [5.41, 5.74) is 2.51. The number of carbonyl (C=O) groups is 1. The van der Waals surface area contributed by atoms with Crippen LogP contribution in [0.4, 0.5) is 0 Å². The molecule has 0 atom stereocenters. The van der Waals surface area contributed by atoms with Crippen molar-refractivity contribution in [3.05, 3.63) is 66.0 Å². The number of imidazole rings is 1. The van der Waals surface area contributed by atoms with Crippen LogP contribution in [0, 0.1) is 0 Å². The number of aromatic nitrogens is 2. The Morgan fingerprint density at radius 1 is 1.00 bits per heavy atom. The van der Waals surface area contributed by atoms with Crippen molar-refractivity contribution in [2.75, 3.05) is 21.3 Å². The first-order valence-electron chi connectivity index (χ1n) is 8.07. The lowest BCUT2D eigenvalue weighted by atomic mass is 10.1. The lowest BCUT2D eigenvalue weighted by molar-refractivity contribution is 0.0600. The molecule has 0 bridgehead atoms. The van der Waals surface area contributed by atoms with Gasteiger partial charge in [0.1, 0.15) is 5.82 Å². The fourth-order valence-corrected chi connectivity index (χ4v) is 2.73. The van der Waals surface area contributed by atoms with Crippen molar-refractivity contribution in [2.45, 2.75) is 6.54 Å². The van der Waals surface area contributed by atoms with E-state index in [-0.39, 0.29) is 5.97 Å². The number of hydrogen-bond acceptors (Lipinski definition) is 5. The number of benzene rings is 2. The van der Waals surface area contributed by atoms with E-state index >= 15 is 0 Å². The summed E-state index contributed by atoms with van der Waals surface area (Å²) in [6.07, 6.45) is 3.68. The molecule has 0 aliphatic heterocycles. The zero-order valence-corrected chi connectivity index (χ0v) is 14.9. The molecule has 1 aromatic heterocycles. The standard InChI is InChI=1S/C20H20N2O4/c1-24-17-9-8-16(12-18(17)25-2)19-21-10-11-22(19)13-14-4-6-15(7-5-14)20(23)26-3/h4-12H,13H2,1-3H3. The highest BCUT2D eigenvalue weighted by Gasteiger charge is 2.11. The molecule has 0 saturated heterocycles. The molecular formula is C20H20N2O4. The largest absolute Gasteiger partial charge is 0.493 e. The molecule has 0 radical (unpaired) electrons. The molecule has 3 aromatic rings. The summed E-state index contributed by atoms with van der Waals surface area (Å²) in [5.74, 6) is 1.81. The van der Waals surface area contributed by atoms with Crippen LogP contribution in [-0.2, 0) is 11.3 Å². The van der Waals surface area contributed by atoms with Gasteiger partial charge in [-0.1, -0.05) is 12.1 Å². The molecule has 6 nitrogen and oxygen atoms in total. The van der Waals surface area contributed by atoms with Gasteiger partial charge in [-0.25, -0.2) is 9.78 Å². The summed E-state index contributed by atoms with van der Waals surface area (Å²) in [4.78, 5) is 16.0. The minimum Gasteiger partial charge on any atom is -0.493 e. The maximum atomic E-state index is 11.5. The van der Waals surface area contributed by atoms with Crippen LogP contribution < -0.4 is 9.47 Å². The van der Waals surface area contributed by atoms with Crippen molar-refractivity contribution >= 4 is 5.97 Å². The van der Waals surface area contributed by atoms with E-state index in [1.165, 1.54) is 7.11 Å². The fraction of sp³-hybridized carbons (Fsp3) is 0.200. The predicted octanol–water partition coefficient (Wildman–Crippen LogP) is 3.40. The van der Waals surface area contributed by atoms with Crippen LogP contribution in [0.2, 0.25) is 0 Å². The van der Waals surface area contributed by atoms with Gasteiger partial charge in [-0.3, -0.25) is 0 Å². The topological polar surface area (TPSA) is 62.6 Å². The maximum Gasteiger partial charge on any atom is 0.337 e. The van der Waals surface area contributed by atoms with Gasteiger partial charge in [0.05, 0.1) is 26.9 Å². The highest BCUT2D eigenvalue weighted by atomic mass is 16.5. The third-order valence-corrected chi connectivity index (χ3v) is 4.09. The average Bonchev–Trinajstić information content (AvgIpc) is 3.15. The van der Waals surface area contributed by atoms with Crippen molar-refractivity contribution in [1.82, 2.24) is 9.55 Å². The van der Waals surface area contributed by atoms with Gasteiger partial charge in [0.2, 0.25) is 0 Å². The fourth-order valence-electron chi connectivity index (χ4n) is 2.73. The van der Waals surface area contributed by atoms with Crippen molar-refractivity contribution in [3.8, 4) is 22.9 Å². The molecule has 6 heteroatoms. The van der Waals surface area contributed by atoms with E-state index in [0.717, 1.165) is 17.0 Å². The first kappa shape index (κ1) is 17.5. The van der Waals surface area contributed by atoms with Crippen molar-refractivity contribution < 1.29 is 19.0 Å². The summed E-state index contributed by atoms with van der Waals surface area (Å²) >= 11 is 0. The molecule has 2 aromatic carbocycles. The normalized spacial score (nSPS) is 10.4. The molecular weight excluding hydrogens is 332 g/mol. The van der Waals surface area contributed by atoms with Crippen LogP contribution in [-0.4, -0.2) is 36.8 Å². The zero-order valence-electron chi connectivity index (χ0n) is 14.9. The minimum absolute atomic E-state index is 0.342. The molecule has 3 rings (SSSR count). The molecule has 0 saturated carbocycles. The van der Waals surface area contributed by atoms with Gasteiger partial charge < -0.3 is 18.8 Å². The summed E-state index contributed by atoms with van der Waals surface area (Å²) in [5, 5.41) is 0. The average molecular weight is 352 g/mol. The van der Waals surface area contributed by atoms with E-state index < -0.39 is 0 Å². The van der Waals surface area contributed by atoms with Gasteiger partial charge in [0, 0.05) is 24.5 Å². The summed E-state index contributed by atoms with van der Waals surface area (Å²) in [6.45, 7) is 0.630. The lowest BCUT2D eigenvalue weighted by Gasteiger charge is -2.12. The Bertz CT molecular complexity index is 900. The molecule has 134 valence electrons. The number of carbonyl (C=O) groups excluding carboxylic acids is 1. The SMILES string of the molecule is COC(=O)c1ccc(Cn2ccnc2-c2ccc(OC)c(OC)c2)cc1. The number of nitrogens with zero attached hydrogens (tertiary/aromatic N) is 2. The van der Waals surface area contributed by atoms with Gasteiger partial charge in [-0.05, 0) is 35.9 Å². The van der Waals surface area contributed by atoms with Crippen molar-refractivity contribution in [2.24, 2.45) is 0 Å². The molecule has 0 unspecified atom stereocenters. The number of esters is 1. The Kier molecular flexibility index (Phi) is 5.22. The summed E-state index contributed by atoms with van der Waals surface area (Å²) in [7, 11) is 4.59. The molecule has 0 fully saturated rings. The molecule has 0 aliphatic rings. The van der Waals surface area contributed by atoms with E-state index in [1.54, 1.807) is 32.5 Å². The zero-order chi connectivity index (χ0) is 18.5. The molecule has 0 spiro atoms. The molecule has 1 heterocycles. The quantitative estimate of drug-likeness (QED) is 0.636. The molecule has 0 aliphatic carbocycles. The molecule has 0 N–H and O–H groups in total. The Balaban J connectivity index is 1.86. The van der Waals surface area contributed by atoms with Gasteiger partial charge in [-0.2, -0.15) is 0 Å². The Hall–Kier alpha value is -3.28. The number of methoxy groups -OCH3 is 3. The second kappa shape index (κ2) is 7.74. The number of ether oxygens (including phenoxy) is 3. The molecule has 26 heavy (non-hydrogen) atoms. The minimum atomic E-state index is -0.342. The lowest BCUT2D eigenvalue weighted by Crippen LogP contribution is -2.04. The van der Waals surface area contributed by atoms with Crippen LogP contribution in [0.3, 0.4) is 0 Å². The first-order chi connectivity index (χ1) is 12.7. The van der Waals surface area contributed by atoms with Gasteiger partial charge in [0.15, 0.2) is 11.5 Å². The maximum absolute atomic E-state index is 11.5. The highest BCUT2D eigenvalue weighted by molar-refractivity contribution is 5.89. The van der Waals surface area contributed by atoms with E-state index in [2.05, 4.69) is 4.98 Å². The summed E-state index contributed by atoms with van der Waals surface area (Å²) in [6, 6.07) is 13.0. The second-order valence-corrected chi connectivity index (χ2v) is 5.64. The third kappa shape index (κ3) is 3.54.